The van der Waals surface area contributed by atoms with Crippen LogP contribution in [0.3, 0.4) is 0 Å². The second-order valence-electron chi connectivity index (χ2n) is 4.08. The summed E-state index contributed by atoms with van der Waals surface area (Å²) < 4.78 is 5.28. The molecule has 0 heterocycles. The molecule has 2 aromatic carbocycles. The van der Waals surface area contributed by atoms with Crippen LogP contribution in [0, 0.1) is 0 Å². The Morgan fingerprint density at radius 1 is 1.14 bits per heavy atom. The summed E-state index contributed by atoms with van der Waals surface area (Å²) in [6.45, 7) is -0.246. The number of phenols is 1. The molecule has 0 fully saturated rings. The summed E-state index contributed by atoms with van der Waals surface area (Å²) in [6, 6.07) is 9.42. The lowest BCUT2D eigenvalue weighted by molar-refractivity contribution is -0.118. The Balaban J connectivity index is 1.99. The highest BCUT2D eigenvalue weighted by Crippen LogP contribution is 2.34. The second kappa shape index (κ2) is 6.89. The fourth-order valence-corrected chi connectivity index (χ4v) is 2.23. The molecule has 2 rings (SSSR count). The molecule has 0 bridgehead atoms. The molecule has 7 heteroatoms. The maximum atomic E-state index is 11.8. The standard InChI is InChI=1S/C14H10Cl3NO3/c15-8-2-1-3-10(4-8)21-7-13(19)18-12-6-9(16)5-11(17)14(12)20/h1-6,20H,7H2,(H,18,19). The van der Waals surface area contributed by atoms with E-state index in [1.807, 2.05) is 0 Å². The highest BCUT2D eigenvalue weighted by Gasteiger charge is 2.11. The number of halogens is 3. The number of carbonyl (C=O) groups excluding carboxylic acids is 1. The summed E-state index contributed by atoms with van der Waals surface area (Å²) in [5.74, 6) is -0.258. The third-order valence-electron chi connectivity index (χ3n) is 2.47. The molecule has 0 saturated heterocycles. The van der Waals surface area contributed by atoms with Gasteiger partial charge in [-0.3, -0.25) is 4.79 Å². The molecule has 21 heavy (non-hydrogen) atoms. The molecule has 1 amide bonds. The zero-order chi connectivity index (χ0) is 15.4. The first-order chi connectivity index (χ1) is 9.95. The Labute approximate surface area is 136 Å². The number of carbonyl (C=O) groups is 1. The number of rotatable bonds is 4. The summed E-state index contributed by atoms with van der Waals surface area (Å²) in [5, 5.41) is 13.0. The molecular weight excluding hydrogens is 337 g/mol. The number of benzene rings is 2. The average molecular weight is 347 g/mol. The number of aromatic hydroxyl groups is 1. The van der Waals surface area contributed by atoms with Gasteiger partial charge in [0.1, 0.15) is 5.75 Å². The SMILES string of the molecule is O=C(COc1cccc(Cl)c1)Nc1cc(Cl)cc(Cl)c1O. The van der Waals surface area contributed by atoms with E-state index in [0.717, 1.165) is 0 Å². The molecule has 0 unspecified atom stereocenters. The molecule has 0 spiro atoms. The smallest absolute Gasteiger partial charge is 0.262 e. The van der Waals surface area contributed by atoms with Crippen molar-refractivity contribution in [1.82, 2.24) is 0 Å². The van der Waals surface area contributed by atoms with Crippen LogP contribution in [-0.4, -0.2) is 17.6 Å². The lowest BCUT2D eigenvalue weighted by Gasteiger charge is -2.10. The van der Waals surface area contributed by atoms with Crippen molar-refractivity contribution in [1.29, 1.82) is 0 Å². The van der Waals surface area contributed by atoms with E-state index in [1.165, 1.54) is 12.1 Å². The Morgan fingerprint density at radius 2 is 1.90 bits per heavy atom. The van der Waals surface area contributed by atoms with Gasteiger partial charge in [0, 0.05) is 10.0 Å². The van der Waals surface area contributed by atoms with E-state index >= 15 is 0 Å². The van der Waals surface area contributed by atoms with Gasteiger partial charge in [-0.25, -0.2) is 0 Å². The van der Waals surface area contributed by atoms with E-state index < -0.39 is 5.91 Å². The quantitative estimate of drug-likeness (QED) is 0.808. The number of amides is 1. The van der Waals surface area contributed by atoms with E-state index in [4.69, 9.17) is 39.5 Å². The Hall–Kier alpha value is -1.62. The van der Waals surface area contributed by atoms with Gasteiger partial charge in [-0.15, -0.1) is 0 Å². The molecule has 0 aliphatic rings. The Morgan fingerprint density at radius 3 is 2.62 bits per heavy atom. The van der Waals surface area contributed by atoms with Gasteiger partial charge in [0.25, 0.3) is 5.91 Å². The van der Waals surface area contributed by atoms with Gasteiger partial charge < -0.3 is 15.2 Å². The predicted molar refractivity (Wildman–Crippen MR) is 83.7 cm³/mol. The molecule has 110 valence electrons. The number of phenolic OH excluding ortho intramolecular Hbond substituents is 1. The van der Waals surface area contributed by atoms with Crippen molar-refractivity contribution < 1.29 is 14.6 Å². The Kier molecular flexibility index (Phi) is 5.17. The lowest BCUT2D eigenvalue weighted by Crippen LogP contribution is -2.20. The molecule has 2 aromatic rings. The van der Waals surface area contributed by atoms with E-state index in [2.05, 4.69) is 5.32 Å². The first-order valence-corrected chi connectivity index (χ1v) is 6.95. The van der Waals surface area contributed by atoms with Crippen LogP contribution in [0.1, 0.15) is 0 Å². The highest BCUT2D eigenvalue weighted by molar-refractivity contribution is 6.36. The van der Waals surface area contributed by atoms with E-state index in [9.17, 15) is 9.90 Å². The monoisotopic (exact) mass is 345 g/mol. The van der Waals surface area contributed by atoms with Gasteiger partial charge in [-0.1, -0.05) is 40.9 Å². The molecule has 4 nitrogen and oxygen atoms in total. The van der Waals surface area contributed by atoms with Crippen LogP contribution < -0.4 is 10.1 Å². The van der Waals surface area contributed by atoms with Crippen LogP contribution in [0.25, 0.3) is 0 Å². The maximum Gasteiger partial charge on any atom is 0.262 e. The molecule has 0 aliphatic carbocycles. The first kappa shape index (κ1) is 15.8. The minimum Gasteiger partial charge on any atom is -0.504 e. The maximum absolute atomic E-state index is 11.8. The van der Waals surface area contributed by atoms with E-state index in [0.29, 0.717) is 15.8 Å². The summed E-state index contributed by atoms with van der Waals surface area (Å²) >= 11 is 17.4. The van der Waals surface area contributed by atoms with Crippen LogP contribution in [0.15, 0.2) is 36.4 Å². The van der Waals surface area contributed by atoms with Crippen molar-refractivity contribution in [3.63, 3.8) is 0 Å². The molecule has 0 atom stereocenters. The fraction of sp³-hybridized carbons (Fsp3) is 0.0714. The third kappa shape index (κ3) is 4.43. The van der Waals surface area contributed by atoms with Gasteiger partial charge in [-0.2, -0.15) is 0 Å². The molecule has 0 aromatic heterocycles. The van der Waals surface area contributed by atoms with Crippen molar-refractivity contribution in [3.05, 3.63) is 51.5 Å². The van der Waals surface area contributed by atoms with Gasteiger partial charge in [0.2, 0.25) is 0 Å². The number of hydrogen-bond donors (Lipinski definition) is 2. The van der Waals surface area contributed by atoms with Crippen LogP contribution in [-0.2, 0) is 4.79 Å². The topological polar surface area (TPSA) is 58.6 Å². The number of nitrogens with one attached hydrogen (secondary N) is 1. The first-order valence-electron chi connectivity index (χ1n) is 5.82. The van der Waals surface area contributed by atoms with Gasteiger partial charge >= 0.3 is 0 Å². The number of ether oxygens (including phenoxy) is 1. The molecule has 2 N–H and O–H groups in total. The van der Waals surface area contributed by atoms with Crippen LogP contribution >= 0.6 is 34.8 Å². The minimum atomic E-state index is -0.469. The summed E-state index contributed by atoms with van der Waals surface area (Å²) in [7, 11) is 0. The zero-order valence-corrected chi connectivity index (χ0v) is 12.8. The Bertz CT molecular complexity index is 677. The second-order valence-corrected chi connectivity index (χ2v) is 5.36. The summed E-state index contributed by atoms with van der Waals surface area (Å²) in [4.78, 5) is 11.8. The minimum absolute atomic E-state index is 0.0496. The van der Waals surface area contributed by atoms with Crippen molar-refractivity contribution in [2.75, 3.05) is 11.9 Å². The van der Waals surface area contributed by atoms with E-state index in [1.54, 1.807) is 24.3 Å². The van der Waals surface area contributed by atoms with Crippen molar-refractivity contribution in [3.8, 4) is 11.5 Å². The third-order valence-corrected chi connectivity index (χ3v) is 3.21. The van der Waals surface area contributed by atoms with E-state index in [-0.39, 0.29) is 23.1 Å². The molecule has 0 aliphatic heterocycles. The van der Waals surface area contributed by atoms with Gasteiger partial charge in [0.15, 0.2) is 12.4 Å². The summed E-state index contributed by atoms with van der Waals surface area (Å²) in [6.07, 6.45) is 0. The van der Waals surface area contributed by atoms with Gasteiger partial charge in [-0.05, 0) is 30.3 Å². The number of anilines is 1. The van der Waals surface area contributed by atoms with Crippen LogP contribution in [0.5, 0.6) is 11.5 Å². The van der Waals surface area contributed by atoms with Crippen LogP contribution in [0.2, 0.25) is 15.1 Å². The summed E-state index contributed by atoms with van der Waals surface area (Å²) in [5.41, 5.74) is 0.118. The van der Waals surface area contributed by atoms with Crippen molar-refractivity contribution in [2.24, 2.45) is 0 Å². The lowest BCUT2D eigenvalue weighted by atomic mass is 10.3. The van der Waals surface area contributed by atoms with Crippen molar-refractivity contribution in [2.45, 2.75) is 0 Å². The fourth-order valence-electron chi connectivity index (χ4n) is 1.55. The molecule has 0 radical (unpaired) electrons. The number of hydrogen-bond acceptors (Lipinski definition) is 3. The van der Waals surface area contributed by atoms with Crippen LogP contribution in [0.4, 0.5) is 5.69 Å². The predicted octanol–water partition coefficient (Wildman–Crippen LogP) is 4.37. The molecule has 0 saturated carbocycles. The average Bonchev–Trinajstić information content (AvgIpc) is 2.42. The molecular formula is C14H10Cl3NO3. The normalized spacial score (nSPS) is 10.2. The highest BCUT2D eigenvalue weighted by atomic mass is 35.5. The van der Waals surface area contributed by atoms with Gasteiger partial charge in [0.05, 0.1) is 10.7 Å². The zero-order valence-electron chi connectivity index (χ0n) is 10.6. The largest absolute Gasteiger partial charge is 0.504 e. The van der Waals surface area contributed by atoms with Crippen molar-refractivity contribution >= 4 is 46.4 Å².